The Kier molecular flexibility index (Phi) is 21.3. The molecule has 0 aliphatic carbocycles. The third-order valence-corrected chi connectivity index (χ3v) is 3.56. The van der Waals surface area contributed by atoms with Crippen molar-refractivity contribution < 1.29 is 14.7 Å². The van der Waals surface area contributed by atoms with E-state index in [0.29, 0.717) is 13.0 Å². The van der Waals surface area contributed by atoms with Gasteiger partial charge in [-0.1, -0.05) is 58.3 Å². The lowest BCUT2D eigenvalue weighted by atomic mass is 10.1. The number of likely N-dealkylation sites (N-methyl/N-ethyl adjacent to an activating group) is 1. The lowest BCUT2D eigenvalue weighted by Crippen LogP contribution is -2.40. The molecular weight excluding hydrogens is 280 g/mol. The van der Waals surface area contributed by atoms with Crippen molar-refractivity contribution in [2.75, 3.05) is 20.7 Å². The minimum atomic E-state index is -0.276. The van der Waals surface area contributed by atoms with Gasteiger partial charge in [0.05, 0.1) is 6.04 Å². The normalized spacial score (nSPS) is 11.3. The number of rotatable bonds is 14. The zero-order chi connectivity index (χ0) is 17.1. The summed E-state index contributed by atoms with van der Waals surface area (Å²) in [6.07, 6.45) is 12.7. The highest BCUT2D eigenvalue weighted by Crippen LogP contribution is 2.10. The summed E-state index contributed by atoms with van der Waals surface area (Å²) in [5, 5.41) is 12.6. The van der Waals surface area contributed by atoms with Gasteiger partial charge in [0.1, 0.15) is 6.29 Å². The Bertz CT molecular complexity index is 248. The molecule has 0 spiro atoms. The van der Waals surface area contributed by atoms with Crippen LogP contribution in [0.4, 0.5) is 0 Å². The fraction of sp³-hybridized carbons (Fsp3) is 0.882. The number of aliphatic hydroxyl groups excluding tert-OH is 1. The molecule has 3 N–H and O–H groups in total. The molecular formula is C17H36N2O3. The molecule has 1 atom stereocenters. The fourth-order valence-corrected chi connectivity index (χ4v) is 2.13. The van der Waals surface area contributed by atoms with E-state index >= 15 is 0 Å². The number of unbranched alkanes of at least 4 members (excludes halogenated alkanes) is 8. The molecule has 0 fully saturated rings. The van der Waals surface area contributed by atoms with Crippen molar-refractivity contribution >= 4 is 12.2 Å². The van der Waals surface area contributed by atoms with Gasteiger partial charge in [-0.05, 0) is 13.5 Å². The van der Waals surface area contributed by atoms with E-state index in [2.05, 4.69) is 17.6 Å². The van der Waals surface area contributed by atoms with E-state index in [9.17, 15) is 9.59 Å². The number of carbonyl (C=O) groups is 2. The number of aliphatic hydroxyl groups is 1. The maximum Gasteiger partial charge on any atom is 0.220 e. The van der Waals surface area contributed by atoms with Crippen molar-refractivity contribution in [3.05, 3.63) is 0 Å². The number of carbonyl (C=O) groups excluding carboxylic acids is 2. The van der Waals surface area contributed by atoms with Gasteiger partial charge in [-0.15, -0.1) is 0 Å². The molecule has 0 saturated carbocycles. The zero-order valence-corrected chi connectivity index (χ0v) is 14.7. The van der Waals surface area contributed by atoms with Gasteiger partial charge in [-0.25, -0.2) is 0 Å². The Labute approximate surface area is 136 Å². The van der Waals surface area contributed by atoms with Crippen molar-refractivity contribution in [3.8, 4) is 0 Å². The topological polar surface area (TPSA) is 78.4 Å². The Morgan fingerprint density at radius 2 is 1.50 bits per heavy atom. The van der Waals surface area contributed by atoms with Crippen LogP contribution in [0.1, 0.15) is 71.1 Å². The van der Waals surface area contributed by atoms with Crippen LogP contribution in [-0.2, 0) is 9.59 Å². The Morgan fingerprint density at radius 3 is 1.95 bits per heavy atom. The van der Waals surface area contributed by atoms with Crippen LogP contribution in [0.25, 0.3) is 0 Å². The van der Waals surface area contributed by atoms with Gasteiger partial charge in [0.15, 0.2) is 0 Å². The predicted molar refractivity (Wildman–Crippen MR) is 91.9 cm³/mol. The molecule has 132 valence electrons. The van der Waals surface area contributed by atoms with E-state index < -0.39 is 0 Å². The maximum atomic E-state index is 11.5. The van der Waals surface area contributed by atoms with Crippen LogP contribution in [0.2, 0.25) is 0 Å². The van der Waals surface area contributed by atoms with Crippen molar-refractivity contribution in [2.24, 2.45) is 0 Å². The van der Waals surface area contributed by atoms with Gasteiger partial charge in [0, 0.05) is 20.1 Å². The smallest absolute Gasteiger partial charge is 0.220 e. The number of hydrogen-bond donors (Lipinski definition) is 3. The maximum absolute atomic E-state index is 11.5. The molecule has 0 aliphatic rings. The van der Waals surface area contributed by atoms with Crippen LogP contribution in [0.5, 0.6) is 0 Å². The SMILES string of the molecule is CCCCCCCCCCCC(=O)NCC(C=O)NC.CO. The second kappa shape index (κ2) is 20.1. The summed E-state index contributed by atoms with van der Waals surface area (Å²) in [6.45, 7) is 2.62. The van der Waals surface area contributed by atoms with Crippen molar-refractivity contribution in [1.82, 2.24) is 10.6 Å². The van der Waals surface area contributed by atoms with Crippen LogP contribution < -0.4 is 10.6 Å². The minimum absolute atomic E-state index is 0.0510. The van der Waals surface area contributed by atoms with Gasteiger partial charge in [0.25, 0.3) is 0 Å². The van der Waals surface area contributed by atoms with Crippen molar-refractivity contribution in [3.63, 3.8) is 0 Å². The molecule has 5 nitrogen and oxygen atoms in total. The lowest BCUT2D eigenvalue weighted by molar-refractivity contribution is -0.121. The van der Waals surface area contributed by atoms with Crippen LogP contribution in [0, 0.1) is 0 Å². The van der Waals surface area contributed by atoms with E-state index in [0.717, 1.165) is 26.2 Å². The average Bonchev–Trinajstić information content (AvgIpc) is 2.56. The minimum Gasteiger partial charge on any atom is -0.400 e. The molecule has 0 saturated heterocycles. The summed E-state index contributed by atoms with van der Waals surface area (Å²) < 4.78 is 0. The van der Waals surface area contributed by atoms with Crippen LogP contribution >= 0.6 is 0 Å². The number of amides is 1. The molecule has 0 aromatic carbocycles. The van der Waals surface area contributed by atoms with Gasteiger partial charge < -0.3 is 20.5 Å². The van der Waals surface area contributed by atoms with Gasteiger partial charge >= 0.3 is 0 Å². The van der Waals surface area contributed by atoms with E-state index in [1.54, 1.807) is 7.05 Å². The highest BCUT2D eigenvalue weighted by atomic mass is 16.2. The molecule has 1 unspecified atom stereocenters. The van der Waals surface area contributed by atoms with E-state index in [-0.39, 0.29) is 11.9 Å². The van der Waals surface area contributed by atoms with E-state index in [1.165, 1.54) is 44.9 Å². The monoisotopic (exact) mass is 316 g/mol. The van der Waals surface area contributed by atoms with E-state index in [4.69, 9.17) is 5.11 Å². The second-order valence-electron chi connectivity index (χ2n) is 5.41. The Hall–Kier alpha value is -0.940. The van der Waals surface area contributed by atoms with Gasteiger partial charge in [-0.3, -0.25) is 4.79 Å². The highest BCUT2D eigenvalue weighted by Gasteiger charge is 2.06. The van der Waals surface area contributed by atoms with Crippen LogP contribution in [-0.4, -0.2) is 44.0 Å². The Morgan fingerprint density at radius 1 is 1.00 bits per heavy atom. The first kappa shape index (κ1) is 23.3. The number of aldehydes is 1. The average molecular weight is 316 g/mol. The molecule has 1 amide bonds. The summed E-state index contributed by atoms with van der Waals surface area (Å²) >= 11 is 0. The summed E-state index contributed by atoms with van der Waals surface area (Å²) in [4.78, 5) is 22.1. The number of nitrogens with one attached hydrogen (secondary N) is 2. The van der Waals surface area contributed by atoms with E-state index in [1.807, 2.05) is 0 Å². The summed E-state index contributed by atoms with van der Waals surface area (Å²) in [5.41, 5.74) is 0. The first-order chi connectivity index (χ1) is 10.7. The quantitative estimate of drug-likeness (QED) is 0.340. The largest absolute Gasteiger partial charge is 0.400 e. The molecule has 0 heterocycles. The lowest BCUT2D eigenvalue weighted by Gasteiger charge is -2.10. The first-order valence-electron chi connectivity index (χ1n) is 8.58. The predicted octanol–water partition coefficient (Wildman–Crippen LogP) is 2.42. The second-order valence-corrected chi connectivity index (χ2v) is 5.41. The molecule has 0 rings (SSSR count). The zero-order valence-electron chi connectivity index (χ0n) is 14.7. The standard InChI is InChI=1S/C16H32N2O2.CH4O/c1-3-4-5-6-7-8-9-10-11-12-16(20)18-13-15(14-19)17-2;1-2/h14-15,17H,3-13H2,1-2H3,(H,18,20);2H,1H3. The van der Waals surface area contributed by atoms with Gasteiger partial charge in [-0.2, -0.15) is 0 Å². The molecule has 0 bridgehead atoms. The molecule has 5 heteroatoms. The van der Waals surface area contributed by atoms with Gasteiger partial charge in [0.2, 0.25) is 5.91 Å². The van der Waals surface area contributed by atoms with Crippen molar-refractivity contribution in [1.29, 1.82) is 0 Å². The highest BCUT2D eigenvalue weighted by molar-refractivity contribution is 5.76. The summed E-state index contributed by atoms with van der Waals surface area (Å²) in [7, 11) is 2.71. The Balaban J connectivity index is 0. The van der Waals surface area contributed by atoms with Crippen LogP contribution in [0.3, 0.4) is 0 Å². The third-order valence-electron chi connectivity index (χ3n) is 3.56. The van der Waals surface area contributed by atoms with Crippen LogP contribution in [0.15, 0.2) is 0 Å². The summed E-state index contributed by atoms with van der Waals surface area (Å²) in [6, 6.07) is -0.276. The van der Waals surface area contributed by atoms with Crippen molar-refractivity contribution in [2.45, 2.75) is 77.2 Å². The molecule has 0 radical (unpaired) electrons. The fourth-order valence-electron chi connectivity index (χ4n) is 2.13. The first-order valence-corrected chi connectivity index (χ1v) is 8.58. The molecule has 0 aromatic heterocycles. The molecule has 0 aliphatic heterocycles. The molecule has 0 aromatic rings. The summed E-state index contributed by atoms with van der Waals surface area (Å²) in [5.74, 6) is 0.0510. The number of hydrogen-bond acceptors (Lipinski definition) is 4. The third kappa shape index (κ3) is 17.1. The molecule has 22 heavy (non-hydrogen) atoms.